The minimum atomic E-state index is -0.568. The van der Waals surface area contributed by atoms with Gasteiger partial charge in [0.05, 0.1) is 39.4 Å². The standard InChI is InChI=1S/C38H36N4O7S2/c1-23(35(43)42-38-41-31(22-50-38)24-11-15-28(46-2)16-12-24)51-29-17-13-27(14-18-29)39-37(45)30(40-36(44)25-9-7-6-8-10-25)19-26-20-33(48-4)34(49-5)21-32(26)47-3/h6-23H,1-5H3,(H,39,45)(H,40,44)(H,41,42,43)/b30-19-. The van der Waals surface area contributed by atoms with Gasteiger partial charge in [-0.25, -0.2) is 4.98 Å². The quantitative estimate of drug-likeness (QED) is 0.0792. The summed E-state index contributed by atoms with van der Waals surface area (Å²) in [5.41, 5.74) is 2.98. The Labute approximate surface area is 304 Å². The Kier molecular flexibility index (Phi) is 12.3. The van der Waals surface area contributed by atoms with Crippen LogP contribution in [0.2, 0.25) is 0 Å². The van der Waals surface area contributed by atoms with Crippen LogP contribution in [0.25, 0.3) is 17.3 Å². The van der Waals surface area contributed by atoms with Crippen LogP contribution in [0.3, 0.4) is 0 Å². The van der Waals surface area contributed by atoms with Gasteiger partial charge in [-0.3, -0.25) is 14.4 Å². The molecule has 3 N–H and O–H groups in total. The maximum atomic E-state index is 13.6. The molecule has 1 unspecified atom stereocenters. The van der Waals surface area contributed by atoms with Crippen LogP contribution in [0.15, 0.2) is 107 Å². The van der Waals surface area contributed by atoms with E-state index in [2.05, 4.69) is 20.9 Å². The van der Waals surface area contributed by atoms with Crippen LogP contribution < -0.4 is 34.9 Å². The number of thiazole rings is 1. The lowest BCUT2D eigenvalue weighted by Gasteiger charge is -2.15. The van der Waals surface area contributed by atoms with Crippen LogP contribution in [0.4, 0.5) is 10.8 Å². The number of anilines is 2. The first-order chi connectivity index (χ1) is 24.7. The number of carbonyl (C=O) groups excluding carboxylic acids is 3. The second kappa shape index (κ2) is 17.2. The number of amides is 3. The molecule has 1 heterocycles. The SMILES string of the molecule is COc1ccc(-c2csc(NC(=O)C(C)Sc3ccc(NC(=O)/C(=C/c4cc(OC)c(OC)cc4OC)NC(=O)c4ccccc4)cc3)n2)cc1. The molecule has 0 aliphatic heterocycles. The van der Waals surface area contributed by atoms with Crippen molar-refractivity contribution in [3.63, 3.8) is 0 Å². The summed E-state index contributed by atoms with van der Waals surface area (Å²) in [6.45, 7) is 1.81. The van der Waals surface area contributed by atoms with Gasteiger partial charge in [-0.15, -0.1) is 23.1 Å². The highest BCUT2D eigenvalue weighted by Crippen LogP contribution is 2.36. The Morgan fingerprint density at radius 3 is 2.10 bits per heavy atom. The molecule has 0 spiro atoms. The molecule has 3 amide bonds. The summed E-state index contributed by atoms with van der Waals surface area (Å²) in [5.74, 6) is 0.788. The largest absolute Gasteiger partial charge is 0.497 e. The predicted octanol–water partition coefficient (Wildman–Crippen LogP) is 7.37. The lowest BCUT2D eigenvalue weighted by molar-refractivity contribution is -0.115. The number of hydrogen-bond acceptors (Lipinski definition) is 10. The van der Waals surface area contributed by atoms with E-state index in [9.17, 15) is 14.4 Å². The van der Waals surface area contributed by atoms with Crippen molar-refractivity contribution in [2.45, 2.75) is 17.1 Å². The zero-order valence-corrected chi connectivity index (χ0v) is 30.1. The fourth-order valence-electron chi connectivity index (χ4n) is 4.77. The Balaban J connectivity index is 1.27. The van der Waals surface area contributed by atoms with Gasteiger partial charge in [0.2, 0.25) is 5.91 Å². The van der Waals surface area contributed by atoms with Crippen molar-refractivity contribution < 1.29 is 33.3 Å². The molecular weight excluding hydrogens is 689 g/mol. The highest BCUT2D eigenvalue weighted by Gasteiger charge is 2.19. The van der Waals surface area contributed by atoms with E-state index in [-0.39, 0.29) is 11.6 Å². The van der Waals surface area contributed by atoms with Crippen molar-refractivity contribution in [1.29, 1.82) is 0 Å². The molecule has 0 aliphatic carbocycles. The third-order valence-corrected chi connectivity index (χ3v) is 9.35. The summed E-state index contributed by atoms with van der Waals surface area (Å²) in [4.78, 5) is 45.1. The van der Waals surface area contributed by atoms with Crippen molar-refractivity contribution in [2.75, 3.05) is 39.1 Å². The summed E-state index contributed by atoms with van der Waals surface area (Å²) < 4.78 is 21.6. The first kappa shape index (κ1) is 36.5. The molecule has 0 bridgehead atoms. The maximum Gasteiger partial charge on any atom is 0.272 e. The van der Waals surface area contributed by atoms with Crippen LogP contribution in [-0.4, -0.2) is 56.4 Å². The molecule has 1 atom stereocenters. The molecule has 1 aromatic heterocycles. The number of carbonyl (C=O) groups is 3. The van der Waals surface area contributed by atoms with Gasteiger partial charge in [-0.2, -0.15) is 0 Å². The number of nitrogens with zero attached hydrogens (tertiary/aromatic N) is 1. The van der Waals surface area contributed by atoms with Gasteiger partial charge in [-0.1, -0.05) is 18.2 Å². The number of rotatable bonds is 14. The smallest absolute Gasteiger partial charge is 0.272 e. The third-order valence-electron chi connectivity index (χ3n) is 7.48. The van der Waals surface area contributed by atoms with E-state index in [4.69, 9.17) is 18.9 Å². The summed E-state index contributed by atoms with van der Waals surface area (Å²) in [5, 5.41) is 10.4. The van der Waals surface area contributed by atoms with Crippen LogP contribution >= 0.6 is 23.1 Å². The van der Waals surface area contributed by atoms with Crippen LogP contribution in [0.1, 0.15) is 22.8 Å². The Bertz CT molecular complexity index is 2010. The zero-order chi connectivity index (χ0) is 36.3. The second-order valence-corrected chi connectivity index (χ2v) is 13.1. The lowest BCUT2D eigenvalue weighted by atomic mass is 10.1. The Morgan fingerprint density at radius 2 is 1.45 bits per heavy atom. The first-order valence-corrected chi connectivity index (χ1v) is 17.3. The van der Waals surface area contributed by atoms with E-state index in [1.54, 1.807) is 73.8 Å². The van der Waals surface area contributed by atoms with Gasteiger partial charge in [0.1, 0.15) is 17.2 Å². The Hall–Kier alpha value is -5.79. The zero-order valence-electron chi connectivity index (χ0n) is 28.5. The number of nitrogens with one attached hydrogen (secondary N) is 3. The highest BCUT2D eigenvalue weighted by atomic mass is 32.2. The normalized spacial score (nSPS) is 11.6. The molecule has 51 heavy (non-hydrogen) atoms. The molecule has 0 saturated heterocycles. The van der Waals surface area contributed by atoms with Gasteiger partial charge in [-0.05, 0) is 79.7 Å². The van der Waals surface area contributed by atoms with Crippen molar-refractivity contribution in [1.82, 2.24) is 10.3 Å². The predicted molar refractivity (Wildman–Crippen MR) is 201 cm³/mol. The number of benzene rings is 4. The van der Waals surface area contributed by atoms with Crippen molar-refractivity contribution in [3.8, 4) is 34.3 Å². The molecule has 5 rings (SSSR count). The molecule has 4 aromatic carbocycles. The average Bonchev–Trinajstić information content (AvgIpc) is 3.63. The third kappa shape index (κ3) is 9.47. The topological polar surface area (TPSA) is 137 Å². The molecule has 0 aliphatic rings. The van der Waals surface area contributed by atoms with E-state index < -0.39 is 17.1 Å². The van der Waals surface area contributed by atoms with Gasteiger partial charge in [0.25, 0.3) is 11.8 Å². The van der Waals surface area contributed by atoms with E-state index in [1.165, 1.54) is 50.5 Å². The number of aromatic nitrogens is 1. The van der Waals surface area contributed by atoms with Gasteiger partial charge in [0.15, 0.2) is 16.6 Å². The van der Waals surface area contributed by atoms with Gasteiger partial charge in [0, 0.05) is 38.7 Å². The van der Waals surface area contributed by atoms with E-state index in [0.717, 1.165) is 21.9 Å². The van der Waals surface area contributed by atoms with Crippen LogP contribution in [0, 0.1) is 0 Å². The minimum Gasteiger partial charge on any atom is -0.497 e. The number of hydrogen-bond donors (Lipinski definition) is 3. The number of methoxy groups -OCH3 is 4. The summed E-state index contributed by atoms with van der Waals surface area (Å²) in [7, 11) is 6.11. The van der Waals surface area contributed by atoms with Gasteiger partial charge >= 0.3 is 0 Å². The van der Waals surface area contributed by atoms with Crippen molar-refractivity contribution in [3.05, 3.63) is 113 Å². The summed E-state index contributed by atoms with van der Waals surface area (Å²) in [6, 6.07) is 26.4. The number of thioether (sulfide) groups is 1. The maximum absolute atomic E-state index is 13.6. The molecule has 0 saturated carbocycles. The minimum absolute atomic E-state index is 0.0320. The summed E-state index contributed by atoms with van der Waals surface area (Å²) >= 11 is 2.72. The molecule has 0 fully saturated rings. The fourth-order valence-corrected chi connectivity index (χ4v) is 6.36. The molecule has 5 aromatic rings. The summed E-state index contributed by atoms with van der Waals surface area (Å²) in [6.07, 6.45) is 1.50. The second-order valence-electron chi connectivity index (χ2n) is 10.8. The van der Waals surface area contributed by atoms with Crippen molar-refractivity contribution in [2.24, 2.45) is 0 Å². The van der Waals surface area contributed by atoms with Crippen LogP contribution in [-0.2, 0) is 9.59 Å². The fraction of sp³-hybridized carbons (Fsp3) is 0.158. The van der Waals surface area contributed by atoms with Gasteiger partial charge < -0.3 is 34.9 Å². The van der Waals surface area contributed by atoms with E-state index in [1.807, 2.05) is 36.6 Å². The van der Waals surface area contributed by atoms with E-state index in [0.29, 0.717) is 39.2 Å². The Morgan fingerprint density at radius 1 is 0.784 bits per heavy atom. The monoisotopic (exact) mass is 724 g/mol. The number of ether oxygens (including phenoxy) is 4. The molecule has 13 heteroatoms. The van der Waals surface area contributed by atoms with Crippen LogP contribution in [0.5, 0.6) is 23.0 Å². The first-order valence-electron chi connectivity index (χ1n) is 15.6. The van der Waals surface area contributed by atoms with E-state index >= 15 is 0 Å². The highest BCUT2D eigenvalue weighted by molar-refractivity contribution is 8.00. The molecule has 262 valence electrons. The lowest BCUT2D eigenvalue weighted by Crippen LogP contribution is -2.30. The molecular formula is C38H36N4O7S2. The molecule has 0 radical (unpaired) electrons. The van der Waals surface area contributed by atoms with Crippen molar-refractivity contribution >= 4 is 57.7 Å². The molecule has 11 nitrogen and oxygen atoms in total. The average molecular weight is 725 g/mol.